The van der Waals surface area contributed by atoms with Crippen molar-refractivity contribution in [1.29, 1.82) is 0 Å². The smallest absolute Gasteiger partial charge is 0.357 e. The van der Waals surface area contributed by atoms with E-state index in [0.717, 1.165) is 13.0 Å². The minimum atomic E-state index is -0.315. The summed E-state index contributed by atoms with van der Waals surface area (Å²) >= 11 is 0. The highest BCUT2D eigenvalue weighted by atomic mass is 16.7. The summed E-state index contributed by atoms with van der Waals surface area (Å²) in [5, 5.41) is 1.62. The molecule has 0 spiro atoms. The number of rotatable bonds is 2. The Hall–Kier alpha value is -1.39. The zero-order valence-corrected chi connectivity index (χ0v) is 8.43. The van der Waals surface area contributed by atoms with Crippen molar-refractivity contribution in [3.63, 3.8) is 0 Å². The first-order valence-corrected chi connectivity index (χ1v) is 5.03. The number of benzene rings is 1. The van der Waals surface area contributed by atoms with Crippen LogP contribution < -0.4 is 5.73 Å². The Kier molecular flexibility index (Phi) is 2.99. The van der Waals surface area contributed by atoms with Gasteiger partial charge in [0.1, 0.15) is 0 Å². The van der Waals surface area contributed by atoms with E-state index < -0.39 is 0 Å². The highest BCUT2D eigenvalue weighted by molar-refractivity contribution is 5.89. The Morgan fingerprint density at radius 3 is 2.73 bits per heavy atom. The fourth-order valence-corrected chi connectivity index (χ4v) is 1.58. The number of carbonyl (C=O) groups excluding carboxylic acids is 1. The molecule has 4 nitrogen and oxygen atoms in total. The van der Waals surface area contributed by atoms with Crippen LogP contribution in [-0.2, 0) is 4.84 Å². The maximum atomic E-state index is 11.6. The Balaban J connectivity index is 1.93. The molecular weight excluding hydrogens is 192 g/mol. The third-order valence-electron chi connectivity index (χ3n) is 2.41. The highest BCUT2D eigenvalue weighted by Crippen LogP contribution is 2.10. The van der Waals surface area contributed by atoms with E-state index in [4.69, 9.17) is 10.6 Å². The summed E-state index contributed by atoms with van der Waals surface area (Å²) in [4.78, 5) is 16.8. The number of hydrogen-bond donors (Lipinski definition) is 1. The van der Waals surface area contributed by atoms with Gasteiger partial charge < -0.3 is 10.6 Å². The van der Waals surface area contributed by atoms with Gasteiger partial charge in [0, 0.05) is 12.6 Å². The molecule has 0 aliphatic carbocycles. The zero-order chi connectivity index (χ0) is 10.7. The molecule has 0 aromatic heterocycles. The molecule has 1 unspecified atom stereocenters. The summed E-state index contributed by atoms with van der Waals surface area (Å²) in [7, 11) is 0. The molecule has 0 amide bonds. The fourth-order valence-electron chi connectivity index (χ4n) is 1.58. The average molecular weight is 206 g/mol. The van der Waals surface area contributed by atoms with Crippen LogP contribution in [0.2, 0.25) is 0 Å². The van der Waals surface area contributed by atoms with Gasteiger partial charge in [-0.2, -0.15) is 0 Å². The molecule has 1 atom stereocenters. The summed E-state index contributed by atoms with van der Waals surface area (Å²) in [5.41, 5.74) is 6.27. The van der Waals surface area contributed by atoms with Crippen molar-refractivity contribution >= 4 is 5.97 Å². The molecular formula is C11H14N2O2. The third-order valence-corrected chi connectivity index (χ3v) is 2.41. The second-order valence-electron chi connectivity index (χ2n) is 3.68. The van der Waals surface area contributed by atoms with Gasteiger partial charge in [-0.15, -0.1) is 5.06 Å². The van der Waals surface area contributed by atoms with Crippen LogP contribution >= 0.6 is 0 Å². The first-order chi connectivity index (χ1) is 7.25. The second kappa shape index (κ2) is 4.42. The highest BCUT2D eigenvalue weighted by Gasteiger charge is 2.22. The zero-order valence-electron chi connectivity index (χ0n) is 8.43. The van der Waals surface area contributed by atoms with Gasteiger partial charge in [-0.05, 0) is 18.6 Å². The standard InChI is InChI=1S/C11H14N2O2/c12-10-6-7-13(8-10)15-11(14)9-4-2-1-3-5-9/h1-5,10H,6-8,12H2. The molecule has 4 heteroatoms. The van der Waals surface area contributed by atoms with Crippen LogP contribution in [0, 0.1) is 0 Å². The topological polar surface area (TPSA) is 55.6 Å². The molecule has 1 saturated heterocycles. The number of carbonyl (C=O) groups is 1. The summed E-state index contributed by atoms with van der Waals surface area (Å²) in [6.45, 7) is 1.35. The first kappa shape index (κ1) is 10.1. The normalized spacial score (nSPS) is 21.5. The van der Waals surface area contributed by atoms with Crippen LogP contribution in [0.1, 0.15) is 16.8 Å². The van der Waals surface area contributed by atoms with E-state index >= 15 is 0 Å². The van der Waals surface area contributed by atoms with Gasteiger partial charge >= 0.3 is 5.97 Å². The van der Waals surface area contributed by atoms with Crippen LogP contribution in [0.4, 0.5) is 0 Å². The molecule has 1 aromatic rings. The Morgan fingerprint density at radius 2 is 2.13 bits per heavy atom. The van der Waals surface area contributed by atoms with E-state index in [1.165, 1.54) is 0 Å². The molecule has 1 aliphatic rings. The molecule has 1 aliphatic heterocycles. The third kappa shape index (κ3) is 2.55. The lowest BCUT2D eigenvalue weighted by atomic mass is 10.2. The Morgan fingerprint density at radius 1 is 1.40 bits per heavy atom. The first-order valence-electron chi connectivity index (χ1n) is 5.03. The summed E-state index contributed by atoms with van der Waals surface area (Å²) in [6.07, 6.45) is 0.877. The van der Waals surface area contributed by atoms with Crippen molar-refractivity contribution in [3.05, 3.63) is 35.9 Å². The van der Waals surface area contributed by atoms with E-state index in [1.807, 2.05) is 18.2 Å². The fraction of sp³-hybridized carbons (Fsp3) is 0.364. The molecule has 2 N–H and O–H groups in total. The van der Waals surface area contributed by atoms with E-state index in [-0.39, 0.29) is 12.0 Å². The van der Waals surface area contributed by atoms with Gasteiger partial charge in [0.25, 0.3) is 0 Å². The lowest BCUT2D eigenvalue weighted by molar-refractivity contribution is -0.0935. The number of nitrogens with two attached hydrogens (primary N) is 1. The van der Waals surface area contributed by atoms with Crippen LogP contribution in [0.25, 0.3) is 0 Å². The summed E-state index contributed by atoms with van der Waals surface area (Å²) in [5.74, 6) is -0.315. The quantitative estimate of drug-likeness (QED) is 0.777. The van der Waals surface area contributed by atoms with Gasteiger partial charge in [-0.25, -0.2) is 4.79 Å². The minimum absolute atomic E-state index is 0.119. The SMILES string of the molecule is NC1CCN(OC(=O)c2ccccc2)C1. The maximum Gasteiger partial charge on any atom is 0.357 e. The van der Waals surface area contributed by atoms with Crippen LogP contribution in [0.15, 0.2) is 30.3 Å². The van der Waals surface area contributed by atoms with Gasteiger partial charge in [0.2, 0.25) is 0 Å². The number of nitrogens with zero attached hydrogens (tertiary/aromatic N) is 1. The van der Waals surface area contributed by atoms with Gasteiger partial charge in [0.15, 0.2) is 0 Å². The Bertz CT molecular complexity index is 340. The van der Waals surface area contributed by atoms with Crippen molar-refractivity contribution in [1.82, 2.24) is 5.06 Å². The molecule has 1 aromatic carbocycles. The van der Waals surface area contributed by atoms with Crippen molar-refractivity contribution in [3.8, 4) is 0 Å². The predicted molar refractivity (Wildman–Crippen MR) is 56.0 cm³/mol. The van der Waals surface area contributed by atoms with E-state index in [2.05, 4.69) is 0 Å². The lowest BCUT2D eigenvalue weighted by Gasteiger charge is -2.14. The van der Waals surface area contributed by atoms with Crippen LogP contribution in [-0.4, -0.2) is 30.2 Å². The molecule has 2 rings (SSSR count). The maximum absolute atomic E-state index is 11.6. The van der Waals surface area contributed by atoms with Gasteiger partial charge in [0.05, 0.1) is 12.1 Å². The lowest BCUT2D eigenvalue weighted by Crippen LogP contribution is -2.29. The number of hydrogen-bond acceptors (Lipinski definition) is 4. The van der Waals surface area contributed by atoms with E-state index in [9.17, 15) is 4.79 Å². The molecule has 0 saturated carbocycles. The monoisotopic (exact) mass is 206 g/mol. The predicted octanol–water partition coefficient (Wildman–Crippen LogP) is 0.791. The Labute approximate surface area is 88.6 Å². The van der Waals surface area contributed by atoms with Crippen LogP contribution in [0.3, 0.4) is 0 Å². The van der Waals surface area contributed by atoms with Gasteiger partial charge in [-0.3, -0.25) is 0 Å². The summed E-state index contributed by atoms with van der Waals surface area (Å²) in [6, 6.07) is 9.08. The van der Waals surface area contributed by atoms with Crippen molar-refractivity contribution < 1.29 is 9.63 Å². The van der Waals surface area contributed by atoms with E-state index in [1.54, 1.807) is 17.2 Å². The van der Waals surface area contributed by atoms with Crippen LogP contribution in [0.5, 0.6) is 0 Å². The molecule has 1 fully saturated rings. The number of hydroxylamine groups is 2. The van der Waals surface area contributed by atoms with Crippen molar-refractivity contribution in [2.45, 2.75) is 12.5 Å². The second-order valence-corrected chi connectivity index (χ2v) is 3.68. The van der Waals surface area contributed by atoms with Crippen molar-refractivity contribution in [2.75, 3.05) is 13.1 Å². The molecule has 80 valence electrons. The minimum Gasteiger partial charge on any atom is -0.364 e. The van der Waals surface area contributed by atoms with Gasteiger partial charge in [-0.1, -0.05) is 18.2 Å². The summed E-state index contributed by atoms with van der Waals surface area (Å²) < 4.78 is 0. The average Bonchev–Trinajstić information content (AvgIpc) is 2.65. The molecule has 0 bridgehead atoms. The molecule has 0 radical (unpaired) electrons. The van der Waals surface area contributed by atoms with Crippen molar-refractivity contribution in [2.24, 2.45) is 5.73 Å². The largest absolute Gasteiger partial charge is 0.364 e. The molecule has 1 heterocycles. The van der Waals surface area contributed by atoms with E-state index in [0.29, 0.717) is 12.1 Å². The molecule has 15 heavy (non-hydrogen) atoms.